The molecule has 8 nitrogen and oxygen atoms in total. The van der Waals surface area contributed by atoms with E-state index in [1.165, 1.54) is 11.7 Å². The molecule has 0 saturated heterocycles. The minimum absolute atomic E-state index is 0.0743. The summed E-state index contributed by atoms with van der Waals surface area (Å²) in [5, 5.41) is 2.97. The van der Waals surface area contributed by atoms with Gasteiger partial charge in [-0.2, -0.15) is 0 Å². The van der Waals surface area contributed by atoms with Crippen LogP contribution in [0.2, 0.25) is 0 Å². The van der Waals surface area contributed by atoms with Gasteiger partial charge < -0.3 is 15.8 Å². The van der Waals surface area contributed by atoms with Crippen LogP contribution in [-0.4, -0.2) is 45.5 Å². The number of ether oxygens (including phenoxy) is 1. The molecule has 9 heteroatoms. The Kier molecular flexibility index (Phi) is 6.63. The molecular formula is C12H22N4O4S. The van der Waals surface area contributed by atoms with Gasteiger partial charge in [0.1, 0.15) is 11.5 Å². The van der Waals surface area contributed by atoms with Crippen molar-refractivity contribution in [3.8, 4) is 0 Å². The van der Waals surface area contributed by atoms with E-state index in [2.05, 4.69) is 10.3 Å². The number of methoxy groups -OCH3 is 1. The van der Waals surface area contributed by atoms with Crippen LogP contribution >= 0.6 is 0 Å². The molecule has 2 atom stereocenters. The second-order valence-corrected chi connectivity index (χ2v) is 6.33. The summed E-state index contributed by atoms with van der Waals surface area (Å²) in [4.78, 5) is 25.8. The van der Waals surface area contributed by atoms with Crippen LogP contribution in [0.4, 0.5) is 11.5 Å². The van der Waals surface area contributed by atoms with Crippen LogP contribution in [0, 0.1) is 0 Å². The molecular weight excluding hydrogens is 296 g/mol. The van der Waals surface area contributed by atoms with Gasteiger partial charge in [0.05, 0.1) is 13.2 Å². The highest BCUT2D eigenvalue weighted by molar-refractivity contribution is 7.84. The molecule has 1 rings (SSSR count). The van der Waals surface area contributed by atoms with Crippen molar-refractivity contribution in [3.63, 3.8) is 0 Å². The number of hydrogen-bond acceptors (Lipinski definition) is 6. The van der Waals surface area contributed by atoms with Crippen molar-refractivity contribution in [3.05, 3.63) is 20.8 Å². The van der Waals surface area contributed by atoms with Gasteiger partial charge in [-0.1, -0.05) is 0 Å². The Morgan fingerprint density at radius 2 is 2.14 bits per heavy atom. The van der Waals surface area contributed by atoms with Crippen molar-refractivity contribution in [1.82, 2.24) is 9.55 Å². The molecule has 1 aromatic rings. The number of hydrogen-bond donors (Lipinski definition) is 3. The van der Waals surface area contributed by atoms with E-state index in [0.717, 1.165) is 0 Å². The lowest BCUT2D eigenvalue weighted by atomic mass is 10.2. The summed E-state index contributed by atoms with van der Waals surface area (Å²) >= 11 is 0. The van der Waals surface area contributed by atoms with E-state index in [1.807, 2.05) is 6.92 Å². The number of nitrogens with zero attached hydrogens (tertiary/aromatic N) is 1. The minimum Gasteiger partial charge on any atom is -0.383 e. The van der Waals surface area contributed by atoms with Crippen LogP contribution in [0.3, 0.4) is 0 Å². The second-order valence-electron chi connectivity index (χ2n) is 4.78. The molecule has 0 radical (unpaired) electrons. The fraction of sp³-hybridized carbons (Fsp3) is 0.667. The van der Waals surface area contributed by atoms with Crippen LogP contribution in [0.15, 0.2) is 9.59 Å². The van der Waals surface area contributed by atoms with Crippen LogP contribution in [0.5, 0.6) is 0 Å². The van der Waals surface area contributed by atoms with E-state index in [4.69, 9.17) is 10.5 Å². The minimum atomic E-state index is -0.896. The maximum Gasteiger partial charge on any atom is 0.330 e. The molecule has 0 fully saturated rings. The predicted molar refractivity (Wildman–Crippen MR) is 84.2 cm³/mol. The van der Waals surface area contributed by atoms with Gasteiger partial charge in [-0.15, -0.1) is 0 Å². The summed E-state index contributed by atoms with van der Waals surface area (Å²) in [6, 6.07) is -0.0920. The van der Waals surface area contributed by atoms with Gasteiger partial charge >= 0.3 is 5.69 Å². The molecule has 120 valence electrons. The Hall–Kier alpha value is -1.61. The molecule has 0 bridgehead atoms. The van der Waals surface area contributed by atoms with E-state index in [1.54, 1.807) is 6.26 Å². The zero-order valence-electron chi connectivity index (χ0n) is 12.5. The van der Waals surface area contributed by atoms with E-state index >= 15 is 0 Å². The van der Waals surface area contributed by atoms with Crippen LogP contribution < -0.4 is 22.3 Å². The standard InChI is InChI=1S/C12H22N4O4S/c1-8(4-7-21(3)19)14-9-10(13)16(5-6-20-2)12(18)15-11(9)17/h8,14H,4-7,13H2,1-3H3,(H,15,17,18). The van der Waals surface area contributed by atoms with Crippen LogP contribution in [0.1, 0.15) is 13.3 Å². The van der Waals surface area contributed by atoms with Gasteiger partial charge in [-0.3, -0.25) is 18.6 Å². The predicted octanol–water partition coefficient (Wildman–Crippen LogP) is -0.666. The first-order chi connectivity index (χ1) is 9.86. The van der Waals surface area contributed by atoms with E-state index in [0.29, 0.717) is 18.8 Å². The van der Waals surface area contributed by atoms with E-state index < -0.39 is 22.0 Å². The lowest BCUT2D eigenvalue weighted by Crippen LogP contribution is -2.36. The first-order valence-electron chi connectivity index (χ1n) is 6.55. The molecule has 0 aliphatic heterocycles. The zero-order chi connectivity index (χ0) is 16.0. The Balaban J connectivity index is 2.98. The second kappa shape index (κ2) is 7.99. The highest BCUT2D eigenvalue weighted by Crippen LogP contribution is 2.12. The Bertz CT molecular complexity index is 610. The van der Waals surface area contributed by atoms with Crippen molar-refractivity contribution in [2.45, 2.75) is 25.9 Å². The Morgan fingerprint density at radius 3 is 2.71 bits per heavy atom. The maximum atomic E-state index is 11.9. The quantitative estimate of drug-likeness (QED) is 0.585. The molecule has 0 spiro atoms. The largest absolute Gasteiger partial charge is 0.383 e. The average molecular weight is 318 g/mol. The third-order valence-corrected chi connectivity index (χ3v) is 3.80. The highest BCUT2D eigenvalue weighted by atomic mass is 32.2. The monoisotopic (exact) mass is 318 g/mol. The average Bonchev–Trinajstić information content (AvgIpc) is 2.41. The molecule has 0 aliphatic rings. The first kappa shape index (κ1) is 17.4. The van der Waals surface area contributed by atoms with Gasteiger partial charge in [0.15, 0.2) is 0 Å². The lowest BCUT2D eigenvalue weighted by molar-refractivity contribution is 0.186. The van der Waals surface area contributed by atoms with Crippen molar-refractivity contribution >= 4 is 22.3 Å². The normalized spacial score (nSPS) is 13.9. The SMILES string of the molecule is COCCn1c(N)c(NC(C)CCS(C)=O)c(=O)[nH]c1=O. The summed E-state index contributed by atoms with van der Waals surface area (Å²) < 4.78 is 17.2. The van der Waals surface area contributed by atoms with E-state index in [-0.39, 0.29) is 24.1 Å². The molecule has 1 heterocycles. The Morgan fingerprint density at radius 1 is 1.48 bits per heavy atom. The first-order valence-corrected chi connectivity index (χ1v) is 8.27. The summed E-state index contributed by atoms with van der Waals surface area (Å²) in [5.41, 5.74) is 4.92. The number of nitrogens with two attached hydrogens (primary N) is 1. The van der Waals surface area contributed by atoms with Crippen molar-refractivity contribution in [2.75, 3.05) is 36.8 Å². The van der Waals surface area contributed by atoms with Gasteiger partial charge in [-0.05, 0) is 13.3 Å². The molecule has 21 heavy (non-hydrogen) atoms. The van der Waals surface area contributed by atoms with Crippen molar-refractivity contribution in [1.29, 1.82) is 0 Å². The van der Waals surface area contributed by atoms with Crippen LogP contribution in [0.25, 0.3) is 0 Å². The molecule has 4 N–H and O–H groups in total. The zero-order valence-corrected chi connectivity index (χ0v) is 13.3. The molecule has 0 saturated carbocycles. The van der Waals surface area contributed by atoms with Crippen LogP contribution in [-0.2, 0) is 22.1 Å². The van der Waals surface area contributed by atoms with Gasteiger partial charge in [0.25, 0.3) is 5.56 Å². The molecule has 0 amide bonds. The van der Waals surface area contributed by atoms with Gasteiger partial charge in [0, 0.05) is 36.0 Å². The molecule has 0 aliphatic carbocycles. The topological polar surface area (TPSA) is 119 Å². The fourth-order valence-corrected chi connectivity index (χ4v) is 2.48. The van der Waals surface area contributed by atoms with Crippen molar-refractivity contribution < 1.29 is 8.95 Å². The number of aromatic nitrogens is 2. The van der Waals surface area contributed by atoms with Crippen molar-refractivity contribution in [2.24, 2.45) is 0 Å². The maximum absolute atomic E-state index is 11.9. The van der Waals surface area contributed by atoms with E-state index in [9.17, 15) is 13.8 Å². The number of aromatic amines is 1. The number of rotatable bonds is 8. The third-order valence-electron chi connectivity index (χ3n) is 2.99. The number of anilines is 2. The number of H-pyrrole nitrogens is 1. The number of nitrogens with one attached hydrogen (secondary N) is 2. The smallest absolute Gasteiger partial charge is 0.330 e. The lowest BCUT2D eigenvalue weighted by Gasteiger charge is -2.17. The summed E-state index contributed by atoms with van der Waals surface area (Å²) in [7, 11) is 0.617. The molecule has 0 aromatic carbocycles. The third kappa shape index (κ3) is 5.01. The number of nitrogen functional groups attached to an aromatic ring is 1. The molecule has 1 aromatic heterocycles. The van der Waals surface area contributed by atoms with Gasteiger partial charge in [-0.25, -0.2) is 4.79 Å². The summed E-state index contributed by atoms with van der Waals surface area (Å²) in [6.07, 6.45) is 2.25. The fourth-order valence-electron chi connectivity index (χ4n) is 1.79. The Labute approximate surface area is 125 Å². The van der Waals surface area contributed by atoms with Gasteiger partial charge in [0.2, 0.25) is 0 Å². The summed E-state index contributed by atoms with van der Waals surface area (Å²) in [5.74, 6) is 0.597. The summed E-state index contributed by atoms with van der Waals surface area (Å²) in [6.45, 7) is 2.41. The highest BCUT2D eigenvalue weighted by Gasteiger charge is 2.14. The molecule has 2 unspecified atom stereocenters.